The molecule has 1 aromatic carbocycles. The second-order valence-electron chi connectivity index (χ2n) is 4.71. The van der Waals surface area contributed by atoms with Crippen LogP contribution in [0.2, 0.25) is 0 Å². The Morgan fingerprint density at radius 3 is 2.65 bits per heavy atom. The lowest BCUT2D eigenvalue weighted by Gasteiger charge is -2.10. The van der Waals surface area contributed by atoms with Crippen molar-refractivity contribution in [1.29, 1.82) is 0 Å². The van der Waals surface area contributed by atoms with E-state index in [9.17, 15) is 4.79 Å². The first-order valence-corrected chi connectivity index (χ1v) is 6.37. The number of aromatic nitrogens is 2. The second kappa shape index (κ2) is 6.10. The summed E-state index contributed by atoms with van der Waals surface area (Å²) in [6.45, 7) is 4.05. The van der Waals surface area contributed by atoms with Gasteiger partial charge in [-0.05, 0) is 38.1 Å². The van der Waals surface area contributed by atoms with Gasteiger partial charge in [-0.1, -0.05) is 0 Å². The van der Waals surface area contributed by atoms with Gasteiger partial charge in [0.1, 0.15) is 12.3 Å². The monoisotopic (exact) mass is 274 g/mol. The highest BCUT2D eigenvalue weighted by atomic mass is 16.5. The lowest BCUT2D eigenvalue weighted by molar-refractivity contribution is -0.116. The highest BCUT2D eigenvalue weighted by molar-refractivity contribution is 5.90. The third-order valence-electron chi connectivity index (χ3n) is 2.47. The Hall–Kier alpha value is -2.50. The first kappa shape index (κ1) is 13.9. The molecule has 0 fully saturated rings. The number of nitrogen functional groups attached to an aromatic ring is 1. The molecule has 1 aromatic heterocycles. The van der Waals surface area contributed by atoms with Gasteiger partial charge in [0.15, 0.2) is 0 Å². The van der Waals surface area contributed by atoms with Crippen LogP contribution in [0.25, 0.3) is 0 Å². The third kappa shape index (κ3) is 4.01. The predicted molar refractivity (Wildman–Crippen MR) is 77.5 cm³/mol. The van der Waals surface area contributed by atoms with Gasteiger partial charge in [0.25, 0.3) is 0 Å². The summed E-state index contributed by atoms with van der Waals surface area (Å²) < 4.78 is 7.02. The molecule has 0 atom stereocenters. The van der Waals surface area contributed by atoms with Crippen molar-refractivity contribution in [2.45, 2.75) is 26.5 Å². The van der Waals surface area contributed by atoms with Crippen molar-refractivity contribution >= 4 is 17.3 Å². The van der Waals surface area contributed by atoms with Crippen molar-refractivity contribution in [3.63, 3.8) is 0 Å². The molecule has 2 aromatic rings. The van der Waals surface area contributed by atoms with Crippen molar-refractivity contribution in [3.05, 3.63) is 36.7 Å². The van der Waals surface area contributed by atoms with Gasteiger partial charge in [-0.2, -0.15) is 5.10 Å². The zero-order chi connectivity index (χ0) is 14.5. The van der Waals surface area contributed by atoms with Crippen LogP contribution in [0.4, 0.5) is 11.4 Å². The topological polar surface area (TPSA) is 82.2 Å². The van der Waals surface area contributed by atoms with Crippen LogP contribution in [0.1, 0.15) is 13.8 Å². The van der Waals surface area contributed by atoms with Crippen LogP contribution < -0.4 is 15.8 Å². The summed E-state index contributed by atoms with van der Waals surface area (Å²) in [5.41, 5.74) is 6.78. The molecule has 6 nitrogen and oxygen atoms in total. The zero-order valence-corrected chi connectivity index (χ0v) is 11.5. The first-order valence-electron chi connectivity index (χ1n) is 6.37. The zero-order valence-electron chi connectivity index (χ0n) is 11.5. The number of amides is 1. The average molecular weight is 274 g/mol. The van der Waals surface area contributed by atoms with Crippen LogP contribution in [-0.2, 0) is 11.3 Å². The molecule has 6 heteroatoms. The molecule has 2 rings (SSSR count). The van der Waals surface area contributed by atoms with E-state index in [2.05, 4.69) is 10.4 Å². The smallest absolute Gasteiger partial charge is 0.246 e. The minimum atomic E-state index is -0.161. The van der Waals surface area contributed by atoms with E-state index in [4.69, 9.17) is 10.5 Å². The first-order chi connectivity index (χ1) is 9.52. The Kier molecular flexibility index (Phi) is 4.24. The number of benzene rings is 1. The number of anilines is 2. The Morgan fingerprint density at radius 1 is 1.40 bits per heavy atom. The van der Waals surface area contributed by atoms with Gasteiger partial charge in [-0.3, -0.25) is 9.48 Å². The van der Waals surface area contributed by atoms with Gasteiger partial charge in [0.2, 0.25) is 5.91 Å². The Morgan fingerprint density at radius 2 is 2.10 bits per heavy atom. The fourth-order valence-corrected chi connectivity index (χ4v) is 1.70. The van der Waals surface area contributed by atoms with Crippen LogP contribution in [0.3, 0.4) is 0 Å². The van der Waals surface area contributed by atoms with Gasteiger partial charge >= 0.3 is 0 Å². The standard InChI is InChI=1S/C14H18N4O2/c1-10(2)20-13-5-3-12(4-6-13)17-14(19)9-18-8-11(15)7-16-18/h3-8,10H,9,15H2,1-2H3,(H,17,19). The van der Waals surface area contributed by atoms with Crippen LogP contribution in [-0.4, -0.2) is 21.8 Å². The van der Waals surface area contributed by atoms with Crippen LogP contribution >= 0.6 is 0 Å². The lowest BCUT2D eigenvalue weighted by atomic mass is 10.3. The van der Waals surface area contributed by atoms with E-state index in [1.807, 2.05) is 26.0 Å². The number of ether oxygens (including phenoxy) is 1. The number of carbonyl (C=O) groups is 1. The van der Waals surface area contributed by atoms with Crippen molar-refractivity contribution < 1.29 is 9.53 Å². The van der Waals surface area contributed by atoms with E-state index in [0.717, 1.165) is 5.75 Å². The molecular formula is C14H18N4O2. The molecule has 1 heterocycles. The van der Waals surface area contributed by atoms with Crippen LogP contribution in [0.5, 0.6) is 5.75 Å². The van der Waals surface area contributed by atoms with Crippen molar-refractivity contribution in [1.82, 2.24) is 9.78 Å². The molecule has 106 valence electrons. The van der Waals surface area contributed by atoms with Crippen LogP contribution in [0.15, 0.2) is 36.7 Å². The summed E-state index contributed by atoms with van der Waals surface area (Å²) in [5.74, 6) is 0.614. The molecule has 0 bridgehead atoms. The summed E-state index contributed by atoms with van der Waals surface area (Å²) in [6, 6.07) is 7.24. The average Bonchev–Trinajstić information content (AvgIpc) is 2.76. The van der Waals surface area contributed by atoms with Gasteiger partial charge in [0, 0.05) is 11.9 Å². The fraction of sp³-hybridized carbons (Fsp3) is 0.286. The highest BCUT2D eigenvalue weighted by Gasteiger charge is 2.05. The largest absolute Gasteiger partial charge is 0.491 e. The maximum atomic E-state index is 11.8. The number of rotatable bonds is 5. The van der Waals surface area contributed by atoms with E-state index in [1.54, 1.807) is 18.3 Å². The van der Waals surface area contributed by atoms with Crippen molar-refractivity contribution in [2.24, 2.45) is 0 Å². The third-order valence-corrected chi connectivity index (χ3v) is 2.47. The van der Waals surface area contributed by atoms with E-state index in [1.165, 1.54) is 10.9 Å². The molecule has 0 radical (unpaired) electrons. The number of carbonyl (C=O) groups excluding carboxylic acids is 1. The molecule has 0 unspecified atom stereocenters. The lowest BCUT2D eigenvalue weighted by Crippen LogP contribution is -2.19. The van der Waals surface area contributed by atoms with E-state index >= 15 is 0 Å². The molecule has 20 heavy (non-hydrogen) atoms. The molecule has 0 aliphatic heterocycles. The van der Waals surface area contributed by atoms with E-state index < -0.39 is 0 Å². The Bertz CT molecular complexity index is 575. The highest BCUT2D eigenvalue weighted by Crippen LogP contribution is 2.16. The molecule has 0 saturated heterocycles. The summed E-state index contributed by atoms with van der Waals surface area (Å²) >= 11 is 0. The Labute approximate surface area is 117 Å². The second-order valence-corrected chi connectivity index (χ2v) is 4.71. The van der Waals surface area contributed by atoms with E-state index in [-0.39, 0.29) is 18.6 Å². The van der Waals surface area contributed by atoms with Crippen LogP contribution in [0, 0.1) is 0 Å². The molecule has 0 spiro atoms. The van der Waals surface area contributed by atoms with Crippen molar-refractivity contribution in [2.75, 3.05) is 11.1 Å². The summed E-state index contributed by atoms with van der Waals surface area (Å²) in [4.78, 5) is 11.8. The number of nitrogens with two attached hydrogens (primary N) is 1. The maximum absolute atomic E-state index is 11.8. The minimum absolute atomic E-state index is 0.126. The number of nitrogens with zero attached hydrogens (tertiary/aromatic N) is 2. The quantitative estimate of drug-likeness (QED) is 0.872. The Balaban J connectivity index is 1.91. The molecule has 3 N–H and O–H groups in total. The number of nitrogens with one attached hydrogen (secondary N) is 1. The van der Waals surface area contributed by atoms with Crippen molar-refractivity contribution in [3.8, 4) is 5.75 Å². The SMILES string of the molecule is CC(C)Oc1ccc(NC(=O)Cn2cc(N)cn2)cc1. The van der Waals surface area contributed by atoms with E-state index in [0.29, 0.717) is 11.4 Å². The van der Waals surface area contributed by atoms with Gasteiger partial charge in [-0.15, -0.1) is 0 Å². The van der Waals surface area contributed by atoms with Gasteiger partial charge in [0.05, 0.1) is 18.0 Å². The number of hydrogen-bond donors (Lipinski definition) is 2. The molecule has 1 amide bonds. The molecule has 0 saturated carbocycles. The van der Waals surface area contributed by atoms with Gasteiger partial charge in [-0.25, -0.2) is 0 Å². The summed E-state index contributed by atoms with van der Waals surface area (Å²) in [5, 5.41) is 6.74. The normalized spacial score (nSPS) is 10.6. The molecule has 0 aliphatic carbocycles. The number of hydrogen-bond acceptors (Lipinski definition) is 4. The summed E-state index contributed by atoms with van der Waals surface area (Å²) in [7, 11) is 0. The minimum Gasteiger partial charge on any atom is -0.491 e. The predicted octanol–water partition coefficient (Wildman–Crippen LogP) is 1.89. The van der Waals surface area contributed by atoms with Gasteiger partial charge < -0.3 is 15.8 Å². The fourth-order valence-electron chi connectivity index (χ4n) is 1.70. The molecular weight excluding hydrogens is 256 g/mol. The maximum Gasteiger partial charge on any atom is 0.246 e. The molecule has 0 aliphatic rings. The summed E-state index contributed by atoms with van der Waals surface area (Å²) in [6.07, 6.45) is 3.24.